The number of ether oxygens (including phenoxy) is 2. The van der Waals surface area contributed by atoms with Crippen molar-refractivity contribution in [3.8, 4) is 11.5 Å². The van der Waals surface area contributed by atoms with E-state index < -0.39 is 11.7 Å². The van der Waals surface area contributed by atoms with E-state index in [0.717, 1.165) is 17.7 Å². The molecule has 1 aliphatic rings. The molecule has 0 bridgehead atoms. The van der Waals surface area contributed by atoms with Crippen molar-refractivity contribution in [3.63, 3.8) is 0 Å². The molecule has 0 fully saturated rings. The fourth-order valence-corrected chi connectivity index (χ4v) is 2.61. The van der Waals surface area contributed by atoms with Gasteiger partial charge in [0.2, 0.25) is 5.91 Å². The second-order valence-electron chi connectivity index (χ2n) is 6.13. The molecule has 0 aliphatic carbocycles. The summed E-state index contributed by atoms with van der Waals surface area (Å²) in [6, 6.07) is 10.2. The quantitative estimate of drug-likeness (QED) is 0.752. The molecular weight excluding hydrogens is 359 g/mol. The van der Waals surface area contributed by atoms with Crippen molar-refractivity contribution in [2.75, 3.05) is 20.3 Å². The number of carbonyl (C=O) groups excluding carboxylic acids is 1. The molecule has 1 aliphatic heterocycles. The number of rotatable bonds is 4. The van der Waals surface area contributed by atoms with Crippen LogP contribution in [-0.2, 0) is 17.5 Å². The van der Waals surface area contributed by atoms with Crippen LogP contribution in [0, 0.1) is 0 Å². The minimum atomic E-state index is -4.37. The van der Waals surface area contributed by atoms with E-state index in [9.17, 15) is 18.0 Å². The standard InChI is InChI=1S/C20H18F3NO3/c1-24(13-15-2-6-16(7-3-15)20(21,22)23)19(25)9-5-14-4-8-17-18(12-14)27-11-10-26-17/h2-9,12H,10-11,13H2,1H3/b9-5+. The molecule has 2 aromatic rings. The Labute approximate surface area is 154 Å². The number of carbonyl (C=O) groups is 1. The molecular formula is C20H18F3NO3. The average molecular weight is 377 g/mol. The number of benzene rings is 2. The van der Waals surface area contributed by atoms with E-state index in [-0.39, 0.29) is 12.5 Å². The minimum Gasteiger partial charge on any atom is -0.486 e. The fraction of sp³-hybridized carbons (Fsp3) is 0.250. The van der Waals surface area contributed by atoms with E-state index >= 15 is 0 Å². The highest BCUT2D eigenvalue weighted by atomic mass is 19.4. The first-order valence-corrected chi connectivity index (χ1v) is 8.32. The average Bonchev–Trinajstić information content (AvgIpc) is 2.65. The van der Waals surface area contributed by atoms with Crippen LogP contribution in [0.4, 0.5) is 13.2 Å². The predicted molar refractivity (Wildman–Crippen MR) is 94.4 cm³/mol. The zero-order valence-electron chi connectivity index (χ0n) is 14.6. The van der Waals surface area contributed by atoms with Crippen LogP contribution in [0.3, 0.4) is 0 Å². The molecule has 27 heavy (non-hydrogen) atoms. The summed E-state index contributed by atoms with van der Waals surface area (Å²) in [4.78, 5) is 13.7. The number of hydrogen-bond donors (Lipinski definition) is 0. The largest absolute Gasteiger partial charge is 0.486 e. The van der Waals surface area contributed by atoms with E-state index in [1.165, 1.54) is 23.1 Å². The Morgan fingerprint density at radius 2 is 1.74 bits per heavy atom. The SMILES string of the molecule is CN(Cc1ccc(C(F)(F)F)cc1)C(=O)/C=C/c1ccc2c(c1)OCCO2. The Morgan fingerprint density at radius 1 is 1.07 bits per heavy atom. The van der Waals surface area contributed by atoms with E-state index in [4.69, 9.17) is 9.47 Å². The Hall–Kier alpha value is -2.96. The van der Waals surface area contributed by atoms with Gasteiger partial charge >= 0.3 is 6.18 Å². The van der Waals surface area contributed by atoms with Crippen molar-refractivity contribution in [1.82, 2.24) is 4.90 Å². The Balaban J connectivity index is 1.61. The summed E-state index contributed by atoms with van der Waals surface area (Å²) in [5.41, 5.74) is 0.695. The summed E-state index contributed by atoms with van der Waals surface area (Å²) in [5, 5.41) is 0. The van der Waals surface area contributed by atoms with Crippen molar-refractivity contribution in [2.45, 2.75) is 12.7 Å². The number of likely N-dealkylation sites (N-methyl/N-ethyl adjacent to an activating group) is 1. The molecule has 7 heteroatoms. The molecule has 3 rings (SSSR count). The van der Waals surface area contributed by atoms with Gasteiger partial charge in [-0.05, 0) is 41.5 Å². The maximum absolute atomic E-state index is 12.6. The van der Waals surface area contributed by atoms with Crippen molar-refractivity contribution in [2.24, 2.45) is 0 Å². The number of hydrogen-bond acceptors (Lipinski definition) is 3. The van der Waals surface area contributed by atoms with Crippen LogP contribution < -0.4 is 9.47 Å². The topological polar surface area (TPSA) is 38.8 Å². The summed E-state index contributed by atoms with van der Waals surface area (Å²) >= 11 is 0. The number of amides is 1. The van der Waals surface area contributed by atoms with Gasteiger partial charge in [-0.15, -0.1) is 0 Å². The third-order valence-corrected chi connectivity index (χ3v) is 4.06. The summed E-state index contributed by atoms with van der Waals surface area (Å²) in [7, 11) is 1.59. The Kier molecular flexibility index (Phi) is 5.39. The number of nitrogens with zero attached hydrogens (tertiary/aromatic N) is 1. The number of halogens is 3. The minimum absolute atomic E-state index is 0.211. The van der Waals surface area contributed by atoms with Crippen LogP contribution in [0.1, 0.15) is 16.7 Å². The van der Waals surface area contributed by atoms with E-state index in [0.29, 0.717) is 30.3 Å². The van der Waals surface area contributed by atoms with Crippen molar-refractivity contribution in [1.29, 1.82) is 0 Å². The molecule has 0 atom stereocenters. The smallest absolute Gasteiger partial charge is 0.416 e. The van der Waals surface area contributed by atoms with Crippen LogP contribution in [0.25, 0.3) is 6.08 Å². The zero-order valence-corrected chi connectivity index (χ0v) is 14.6. The first-order chi connectivity index (χ1) is 12.8. The molecule has 1 amide bonds. The van der Waals surface area contributed by atoms with Crippen molar-refractivity contribution in [3.05, 3.63) is 65.2 Å². The second-order valence-corrected chi connectivity index (χ2v) is 6.13. The van der Waals surface area contributed by atoms with Crippen LogP contribution in [0.5, 0.6) is 11.5 Å². The highest BCUT2D eigenvalue weighted by Crippen LogP contribution is 2.31. The van der Waals surface area contributed by atoms with E-state index in [1.807, 2.05) is 6.07 Å². The lowest BCUT2D eigenvalue weighted by atomic mass is 10.1. The van der Waals surface area contributed by atoms with Crippen LogP contribution >= 0.6 is 0 Å². The van der Waals surface area contributed by atoms with Crippen molar-refractivity contribution < 1.29 is 27.4 Å². The molecule has 0 saturated heterocycles. The Bertz CT molecular complexity index is 845. The second kappa shape index (κ2) is 7.73. The summed E-state index contributed by atoms with van der Waals surface area (Å²) in [6.45, 7) is 1.20. The lowest BCUT2D eigenvalue weighted by Crippen LogP contribution is -2.24. The van der Waals surface area contributed by atoms with Crippen molar-refractivity contribution >= 4 is 12.0 Å². The maximum Gasteiger partial charge on any atom is 0.416 e. The first-order valence-electron chi connectivity index (χ1n) is 8.32. The predicted octanol–water partition coefficient (Wildman–Crippen LogP) is 4.15. The van der Waals surface area contributed by atoms with Gasteiger partial charge in [0.05, 0.1) is 5.56 Å². The lowest BCUT2D eigenvalue weighted by molar-refractivity contribution is -0.137. The molecule has 0 spiro atoms. The summed E-state index contributed by atoms with van der Waals surface area (Å²) in [6.07, 6.45) is -1.30. The monoisotopic (exact) mass is 377 g/mol. The Morgan fingerprint density at radius 3 is 2.41 bits per heavy atom. The molecule has 0 saturated carbocycles. The molecule has 0 aromatic heterocycles. The third-order valence-electron chi connectivity index (χ3n) is 4.06. The lowest BCUT2D eigenvalue weighted by Gasteiger charge is -2.18. The van der Waals surface area contributed by atoms with Gasteiger partial charge in [0.15, 0.2) is 11.5 Å². The molecule has 0 N–H and O–H groups in total. The van der Waals surface area contributed by atoms with Gasteiger partial charge in [0.25, 0.3) is 0 Å². The van der Waals surface area contributed by atoms with Gasteiger partial charge in [-0.2, -0.15) is 13.2 Å². The highest BCUT2D eigenvalue weighted by molar-refractivity contribution is 5.91. The summed E-state index contributed by atoms with van der Waals surface area (Å²) < 4.78 is 48.7. The van der Waals surface area contributed by atoms with Gasteiger partial charge < -0.3 is 14.4 Å². The summed E-state index contributed by atoms with van der Waals surface area (Å²) in [5.74, 6) is 1.04. The normalized spacial score (nSPS) is 13.6. The van der Waals surface area contributed by atoms with E-state index in [2.05, 4.69) is 0 Å². The highest BCUT2D eigenvalue weighted by Gasteiger charge is 2.29. The maximum atomic E-state index is 12.6. The molecule has 142 valence electrons. The number of fused-ring (bicyclic) bond motifs is 1. The van der Waals surface area contributed by atoms with E-state index in [1.54, 1.807) is 25.3 Å². The number of alkyl halides is 3. The van der Waals surface area contributed by atoms with Gasteiger partial charge in [-0.25, -0.2) is 0 Å². The van der Waals surface area contributed by atoms with Crippen LogP contribution in [0.15, 0.2) is 48.5 Å². The molecule has 2 aromatic carbocycles. The molecule has 1 heterocycles. The van der Waals surface area contributed by atoms with Crippen LogP contribution in [0.2, 0.25) is 0 Å². The molecule has 0 unspecified atom stereocenters. The van der Waals surface area contributed by atoms with Gasteiger partial charge in [0.1, 0.15) is 13.2 Å². The molecule has 4 nitrogen and oxygen atoms in total. The third kappa shape index (κ3) is 4.81. The van der Waals surface area contributed by atoms with Gasteiger partial charge in [0, 0.05) is 19.7 Å². The first kappa shape index (κ1) is 18.8. The van der Waals surface area contributed by atoms with Crippen LogP contribution in [-0.4, -0.2) is 31.1 Å². The zero-order chi connectivity index (χ0) is 19.4. The molecule has 0 radical (unpaired) electrons. The fourth-order valence-electron chi connectivity index (χ4n) is 2.61. The van der Waals surface area contributed by atoms with Gasteiger partial charge in [-0.1, -0.05) is 18.2 Å². The van der Waals surface area contributed by atoms with Gasteiger partial charge in [-0.3, -0.25) is 4.79 Å².